The van der Waals surface area contributed by atoms with E-state index in [4.69, 9.17) is 5.26 Å². The molecular formula is C11H13NOS. The van der Waals surface area contributed by atoms with Crippen LogP contribution in [0.25, 0.3) is 0 Å². The van der Waals surface area contributed by atoms with Crippen LogP contribution in [0, 0.1) is 30.1 Å². The van der Waals surface area contributed by atoms with E-state index >= 15 is 0 Å². The molecule has 0 N–H and O–H groups in total. The van der Waals surface area contributed by atoms with Gasteiger partial charge in [-0.3, -0.25) is 4.79 Å². The molecule has 1 rings (SSSR count). The van der Waals surface area contributed by atoms with Crippen LogP contribution in [-0.2, 0) is 0 Å². The molecule has 0 aliphatic heterocycles. The molecule has 0 aliphatic carbocycles. The number of nitriles is 1. The molecule has 1 unspecified atom stereocenters. The molecule has 0 radical (unpaired) electrons. The molecule has 3 heteroatoms. The van der Waals surface area contributed by atoms with Crippen LogP contribution in [-0.4, -0.2) is 5.78 Å². The number of hydrogen-bond acceptors (Lipinski definition) is 3. The van der Waals surface area contributed by atoms with Gasteiger partial charge in [-0.05, 0) is 25.0 Å². The van der Waals surface area contributed by atoms with Crippen molar-refractivity contribution in [2.24, 2.45) is 11.8 Å². The molecule has 0 aliphatic rings. The third-order valence-electron chi connectivity index (χ3n) is 2.07. The van der Waals surface area contributed by atoms with Crippen molar-refractivity contribution in [1.82, 2.24) is 0 Å². The van der Waals surface area contributed by atoms with Gasteiger partial charge in [-0.2, -0.15) is 5.26 Å². The average molecular weight is 207 g/mol. The Labute approximate surface area is 88.2 Å². The molecule has 0 fully saturated rings. The molecule has 1 aromatic heterocycles. The van der Waals surface area contributed by atoms with E-state index in [-0.39, 0.29) is 11.7 Å². The fourth-order valence-electron chi connectivity index (χ4n) is 1.23. The molecule has 14 heavy (non-hydrogen) atoms. The molecule has 74 valence electrons. The Kier molecular flexibility index (Phi) is 3.43. The van der Waals surface area contributed by atoms with Crippen molar-refractivity contribution in [1.29, 1.82) is 5.26 Å². The van der Waals surface area contributed by atoms with E-state index in [1.807, 2.05) is 26.8 Å². The molecular weight excluding hydrogens is 194 g/mol. The SMILES string of the molecule is Cc1ccc(C(=O)C(C#N)C(C)C)s1. The highest BCUT2D eigenvalue weighted by atomic mass is 32.1. The molecule has 1 atom stereocenters. The minimum atomic E-state index is -0.506. The molecule has 0 saturated heterocycles. The van der Waals surface area contributed by atoms with Crippen LogP contribution in [0.5, 0.6) is 0 Å². The summed E-state index contributed by atoms with van der Waals surface area (Å²) < 4.78 is 0. The zero-order valence-electron chi connectivity index (χ0n) is 8.57. The number of thiophene rings is 1. The average Bonchev–Trinajstić information content (AvgIpc) is 2.52. The smallest absolute Gasteiger partial charge is 0.190 e. The Hall–Kier alpha value is -1.14. The highest BCUT2D eigenvalue weighted by Gasteiger charge is 2.23. The predicted octanol–water partition coefficient (Wildman–Crippen LogP) is 3.04. The summed E-state index contributed by atoms with van der Waals surface area (Å²) in [7, 11) is 0. The quantitative estimate of drug-likeness (QED) is 0.715. The maximum atomic E-state index is 11.8. The Morgan fingerprint density at radius 3 is 2.50 bits per heavy atom. The van der Waals surface area contributed by atoms with E-state index < -0.39 is 5.92 Å². The number of nitrogens with zero attached hydrogens (tertiary/aromatic N) is 1. The number of hydrogen-bond donors (Lipinski definition) is 0. The van der Waals surface area contributed by atoms with Gasteiger partial charge in [-0.15, -0.1) is 11.3 Å². The lowest BCUT2D eigenvalue weighted by molar-refractivity contribution is 0.0928. The van der Waals surface area contributed by atoms with Crippen LogP contribution in [0.1, 0.15) is 28.4 Å². The number of ketones is 1. The van der Waals surface area contributed by atoms with E-state index in [0.29, 0.717) is 4.88 Å². The summed E-state index contributed by atoms with van der Waals surface area (Å²) in [6.07, 6.45) is 0. The first-order valence-electron chi connectivity index (χ1n) is 4.56. The van der Waals surface area contributed by atoms with Crippen molar-refractivity contribution in [3.05, 3.63) is 21.9 Å². The number of carbonyl (C=O) groups excluding carboxylic acids is 1. The second-order valence-electron chi connectivity index (χ2n) is 3.63. The molecule has 0 bridgehead atoms. The molecule has 0 amide bonds. The van der Waals surface area contributed by atoms with Crippen LogP contribution in [0.4, 0.5) is 0 Å². The Bertz CT molecular complexity index is 373. The minimum Gasteiger partial charge on any atom is -0.292 e. The maximum absolute atomic E-state index is 11.8. The van der Waals surface area contributed by atoms with Gasteiger partial charge >= 0.3 is 0 Å². The van der Waals surface area contributed by atoms with E-state index in [1.165, 1.54) is 11.3 Å². The first-order chi connectivity index (χ1) is 6.56. The topological polar surface area (TPSA) is 40.9 Å². The van der Waals surface area contributed by atoms with Crippen LogP contribution < -0.4 is 0 Å². The second kappa shape index (κ2) is 4.39. The fourth-order valence-corrected chi connectivity index (χ4v) is 2.08. The third-order valence-corrected chi connectivity index (χ3v) is 3.09. The minimum absolute atomic E-state index is 0.0411. The maximum Gasteiger partial charge on any atom is 0.190 e. The van der Waals surface area contributed by atoms with Crippen LogP contribution >= 0.6 is 11.3 Å². The van der Waals surface area contributed by atoms with Gasteiger partial charge in [0, 0.05) is 4.88 Å². The fraction of sp³-hybridized carbons (Fsp3) is 0.455. The zero-order chi connectivity index (χ0) is 10.7. The van der Waals surface area contributed by atoms with E-state index in [9.17, 15) is 4.79 Å². The predicted molar refractivity (Wildman–Crippen MR) is 57.3 cm³/mol. The Balaban J connectivity index is 2.90. The summed E-state index contributed by atoms with van der Waals surface area (Å²) in [6, 6.07) is 5.78. The summed E-state index contributed by atoms with van der Waals surface area (Å²) in [5.74, 6) is -0.469. The van der Waals surface area contributed by atoms with Crippen LogP contribution in [0.15, 0.2) is 12.1 Å². The van der Waals surface area contributed by atoms with Gasteiger partial charge in [-0.25, -0.2) is 0 Å². The molecule has 0 saturated carbocycles. The first-order valence-corrected chi connectivity index (χ1v) is 5.38. The lowest BCUT2D eigenvalue weighted by atomic mass is 9.92. The largest absolute Gasteiger partial charge is 0.292 e. The van der Waals surface area contributed by atoms with Crippen LogP contribution in [0.2, 0.25) is 0 Å². The second-order valence-corrected chi connectivity index (χ2v) is 4.91. The summed E-state index contributed by atoms with van der Waals surface area (Å²) in [5.41, 5.74) is 0. The van der Waals surface area contributed by atoms with Gasteiger partial charge < -0.3 is 0 Å². The molecule has 1 aromatic rings. The normalized spacial score (nSPS) is 12.5. The zero-order valence-corrected chi connectivity index (χ0v) is 9.39. The van der Waals surface area contributed by atoms with Crippen molar-refractivity contribution in [2.45, 2.75) is 20.8 Å². The van der Waals surface area contributed by atoms with Gasteiger partial charge in [0.2, 0.25) is 0 Å². The molecule has 2 nitrogen and oxygen atoms in total. The van der Waals surface area contributed by atoms with Gasteiger partial charge in [0.1, 0.15) is 5.92 Å². The lowest BCUT2D eigenvalue weighted by Crippen LogP contribution is -2.17. The van der Waals surface area contributed by atoms with Crippen LogP contribution in [0.3, 0.4) is 0 Å². The van der Waals surface area contributed by atoms with Crippen molar-refractivity contribution >= 4 is 17.1 Å². The summed E-state index contributed by atoms with van der Waals surface area (Å²) in [4.78, 5) is 13.6. The first kappa shape index (κ1) is 10.9. The highest BCUT2D eigenvalue weighted by molar-refractivity contribution is 7.14. The molecule has 0 spiro atoms. The Morgan fingerprint density at radius 1 is 1.50 bits per heavy atom. The number of Topliss-reactive ketones (excluding diaryl/α,β-unsaturated/α-hetero) is 1. The molecule has 0 aromatic carbocycles. The van der Waals surface area contributed by atoms with Gasteiger partial charge in [0.15, 0.2) is 5.78 Å². The van der Waals surface area contributed by atoms with E-state index in [2.05, 4.69) is 6.07 Å². The van der Waals surface area contributed by atoms with Gasteiger partial charge in [0.25, 0.3) is 0 Å². The Morgan fingerprint density at radius 2 is 2.14 bits per heavy atom. The summed E-state index contributed by atoms with van der Waals surface area (Å²) >= 11 is 1.46. The highest BCUT2D eigenvalue weighted by Crippen LogP contribution is 2.22. The van der Waals surface area contributed by atoms with Gasteiger partial charge in [0.05, 0.1) is 10.9 Å². The van der Waals surface area contributed by atoms with Crippen molar-refractivity contribution in [2.75, 3.05) is 0 Å². The van der Waals surface area contributed by atoms with E-state index in [0.717, 1.165) is 4.88 Å². The summed E-state index contributed by atoms with van der Waals surface area (Å²) in [5, 5.41) is 8.87. The van der Waals surface area contributed by atoms with Gasteiger partial charge in [-0.1, -0.05) is 13.8 Å². The van der Waals surface area contributed by atoms with Crippen molar-refractivity contribution in [3.63, 3.8) is 0 Å². The number of rotatable bonds is 3. The number of aryl methyl sites for hydroxylation is 1. The number of carbonyl (C=O) groups is 1. The third kappa shape index (κ3) is 2.21. The van der Waals surface area contributed by atoms with Crippen molar-refractivity contribution in [3.8, 4) is 6.07 Å². The summed E-state index contributed by atoms with van der Waals surface area (Å²) in [6.45, 7) is 5.75. The molecule has 1 heterocycles. The monoisotopic (exact) mass is 207 g/mol. The van der Waals surface area contributed by atoms with E-state index in [1.54, 1.807) is 6.07 Å². The standard InChI is InChI=1S/C11H13NOS/c1-7(2)9(6-12)11(13)10-5-4-8(3)14-10/h4-5,7,9H,1-3H3. The van der Waals surface area contributed by atoms with Crippen molar-refractivity contribution < 1.29 is 4.79 Å². The lowest BCUT2D eigenvalue weighted by Gasteiger charge is -2.09.